The summed E-state index contributed by atoms with van der Waals surface area (Å²) in [5.41, 5.74) is 3.49. The van der Waals surface area contributed by atoms with E-state index in [9.17, 15) is 4.79 Å². The molecule has 0 fully saturated rings. The molecule has 1 aromatic rings. The fourth-order valence-corrected chi connectivity index (χ4v) is 2.10. The molecule has 2 amide bonds. The Morgan fingerprint density at radius 1 is 1.10 bits per heavy atom. The van der Waals surface area contributed by atoms with Gasteiger partial charge in [-0.1, -0.05) is 49.9 Å². The lowest BCUT2D eigenvalue weighted by Gasteiger charge is -2.23. The van der Waals surface area contributed by atoms with Crippen LogP contribution in [0.1, 0.15) is 39.5 Å². The number of hydrogen-bond donors (Lipinski definition) is 2. The van der Waals surface area contributed by atoms with E-state index in [4.69, 9.17) is 23.2 Å². The van der Waals surface area contributed by atoms with Gasteiger partial charge in [0.25, 0.3) is 0 Å². The van der Waals surface area contributed by atoms with Gasteiger partial charge in [-0.25, -0.2) is 9.80 Å². The minimum absolute atomic E-state index is 0.263. The van der Waals surface area contributed by atoms with Crippen LogP contribution in [0.3, 0.4) is 0 Å². The molecule has 0 saturated heterocycles. The lowest BCUT2D eigenvalue weighted by Crippen LogP contribution is -2.45. The van der Waals surface area contributed by atoms with Crippen LogP contribution in [0.5, 0.6) is 0 Å². The second kappa shape index (κ2) is 9.87. The summed E-state index contributed by atoms with van der Waals surface area (Å²) in [4.78, 5) is 12.0. The average Bonchev–Trinajstić information content (AvgIpc) is 2.45. The standard InChI is InChI=1S/C15H23Cl2N3O/c1-3-5-9-20(10-6-4-2)19-15(21)18-12-7-8-13(16)14(17)11-12/h7-8,11H,3-6,9-10H2,1-2H3,(H2,18,19,21). The molecule has 0 spiro atoms. The van der Waals surface area contributed by atoms with Crippen molar-refractivity contribution in [3.05, 3.63) is 28.2 Å². The fraction of sp³-hybridized carbons (Fsp3) is 0.533. The number of nitrogens with one attached hydrogen (secondary N) is 2. The molecule has 2 N–H and O–H groups in total. The van der Waals surface area contributed by atoms with Gasteiger partial charge in [0.2, 0.25) is 0 Å². The first kappa shape index (κ1) is 18.1. The Bertz CT molecular complexity index is 447. The molecule has 0 unspecified atom stereocenters. The lowest BCUT2D eigenvalue weighted by atomic mass is 10.3. The van der Waals surface area contributed by atoms with Crippen LogP contribution in [0.4, 0.5) is 10.5 Å². The van der Waals surface area contributed by atoms with Crippen LogP contribution in [0.2, 0.25) is 10.0 Å². The third-order valence-electron chi connectivity index (χ3n) is 3.00. The van der Waals surface area contributed by atoms with Crippen molar-refractivity contribution in [3.63, 3.8) is 0 Å². The highest BCUT2D eigenvalue weighted by molar-refractivity contribution is 6.42. The summed E-state index contributed by atoms with van der Waals surface area (Å²) >= 11 is 11.8. The summed E-state index contributed by atoms with van der Waals surface area (Å²) in [6.45, 7) is 5.97. The van der Waals surface area contributed by atoms with E-state index in [0.717, 1.165) is 38.8 Å². The molecule has 6 heteroatoms. The van der Waals surface area contributed by atoms with Crippen LogP contribution < -0.4 is 10.7 Å². The molecule has 0 radical (unpaired) electrons. The Morgan fingerprint density at radius 2 is 1.71 bits per heavy atom. The summed E-state index contributed by atoms with van der Waals surface area (Å²) in [5.74, 6) is 0. The van der Waals surface area contributed by atoms with E-state index in [2.05, 4.69) is 24.6 Å². The van der Waals surface area contributed by atoms with Crippen LogP contribution in [0, 0.1) is 0 Å². The highest BCUT2D eigenvalue weighted by atomic mass is 35.5. The van der Waals surface area contributed by atoms with E-state index in [1.54, 1.807) is 18.2 Å². The maximum Gasteiger partial charge on any atom is 0.333 e. The Kier molecular flexibility index (Phi) is 8.50. The quantitative estimate of drug-likeness (QED) is 0.663. The molecule has 0 saturated carbocycles. The van der Waals surface area contributed by atoms with Gasteiger partial charge < -0.3 is 5.32 Å². The SMILES string of the molecule is CCCCN(CCCC)NC(=O)Nc1ccc(Cl)c(Cl)c1. The Balaban J connectivity index is 2.53. The first-order valence-electron chi connectivity index (χ1n) is 7.34. The molecule has 0 atom stereocenters. The number of anilines is 1. The normalized spacial score (nSPS) is 10.7. The summed E-state index contributed by atoms with van der Waals surface area (Å²) in [7, 11) is 0. The molecule has 0 aliphatic heterocycles. The number of hydrazine groups is 1. The maximum absolute atomic E-state index is 12.0. The Hall–Kier alpha value is -0.970. The molecule has 0 bridgehead atoms. The third-order valence-corrected chi connectivity index (χ3v) is 3.74. The van der Waals surface area contributed by atoms with Crippen molar-refractivity contribution in [2.24, 2.45) is 0 Å². The largest absolute Gasteiger partial charge is 0.333 e. The summed E-state index contributed by atoms with van der Waals surface area (Å²) in [6, 6.07) is 4.74. The van der Waals surface area contributed by atoms with Crippen molar-refractivity contribution in [2.45, 2.75) is 39.5 Å². The second-order valence-corrected chi connectivity index (χ2v) is 5.70. The summed E-state index contributed by atoms with van der Waals surface area (Å²) in [5, 5.41) is 5.60. The van der Waals surface area contributed by atoms with Crippen LogP contribution in [0.15, 0.2) is 18.2 Å². The van der Waals surface area contributed by atoms with Crippen LogP contribution in [-0.4, -0.2) is 24.1 Å². The zero-order chi connectivity index (χ0) is 15.7. The Labute approximate surface area is 136 Å². The molecular weight excluding hydrogens is 309 g/mol. The van der Waals surface area contributed by atoms with Gasteiger partial charge in [-0.3, -0.25) is 5.43 Å². The van der Waals surface area contributed by atoms with Gasteiger partial charge in [0.15, 0.2) is 0 Å². The van der Waals surface area contributed by atoms with E-state index < -0.39 is 0 Å². The molecule has 21 heavy (non-hydrogen) atoms. The number of carbonyl (C=O) groups is 1. The van der Waals surface area contributed by atoms with Crippen molar-refractivity contribution >= 4 is 34.9 Å². The number of urea groups is 1. The monoisotopic (exact) mass is 331 g/mol. The molecule has 118 valence electrons. The molecule has 1 rings (SSSR count). The molecule has 1 aromatic carbocycles. The molecule has 4 nitrogen and oxygen atoms in total. The smallest absolute Gasteiger partial charge is 0.307 e. The predicted molar refractivity (Wildman–Crippen MR) is 90.0 cm³/mol. The minimum atomic E-state index is -0.263. The predicted octanol–water partition coefficient (Wildman–Crippen LogP) is 4.93. The van der Waals surface area contributed by atoms with Crippen LogP contribution in [0.25, 0.3) is 0 Å². The van der Waals surface area contributed by atoms with E-state index in [0.29, 0.717) is 15.7 Å². The van der Waals surface area contributed by atoms with Crippen molar-refractivity contribution in [3.8, 4) is 0 Å². The number of halogens is 2. The number of benzene rings is 1. The number of hydrogen-bond acceptors (Lipinski definition) is 2. The first-order valence-corrected chi connectivity index (χ1v) is 8.10. The topological polar surface area (TPSA) is 44.4 Å². The van der Waals surface area contributed by atoms with E-state index >= 15 is 0 Å². The van der Waals surface area contributed by atoms with Crippen molar-refractivity contribution in [1.29, 1.82) is 0 Å². The van der Waals surface area contributed by atoms with Crippen molar-refractivity contribution < 1.29 is 4.79 Å². The highest BCUT2D eigenvalue weighted by Crippen LogP contribution is 2.24. The summed E-state index contributed by atoms with van der Waals surface area (Å²) < 4.78 is 0. The Morgan fingerprint density at radius 3 is 2.24 bits per heavy atom. The number of amides is 2. The minimum Gasteiger partial charge on any atom is -0.307 e. The van der Waals surface area contributed by atoms with Gasteiger partial charge in [-0.2, -0.15) is 0 Å². The zero-order valence-electron chi connectivity index (χ0n) is 12.6. The highest BCUT2D eigenvalue weighted by Gasteiger charge is 2.09. The molecular formula is C15H23Cl2N3O. The molecule has 0 aromatic heterocycles. The fourth-order valence-electron chi connectivity index (χ4n) is 1.80. The molecule has 0 aliphatic carbocycles. The van der Waals surface area contributed by atoms with Crippen molar-refractivity contribution in [1.82, 2.24) is 10.4 Å². The number of carbonyl (C=O) groups excluding carboxylic acids is 1. The van der Waals surface area contributed by atoms with Crippen LogP contribution in [-0.2, 0) is 0 Å². The second-order valence-electron chi connectivity index (χ2n) is 4.89. The lowest BCUT2D eigenvalue weighted by molar-refractivity contribution is 0.181. The molecule has 0 heterocycles. The van der Waals surface area contributed by atoms with Gasteiger partial charge in [-0.15, -0.1) is 0 Å². The van der Waals surface area contributed by atoms with E-state index in [1.807, 2.05) is 5.01 Å². The zero-order valence-corrected chi connectivity index (χ0v) is 14.1. The number of rotatable bonds is 8. The number of nitrogens with zero attached hydrogens (tertiary/aromatic N) is 1. The van der Waals surface area contributed by atoms with E-state index in [-0.39, 0.29) is 6.03 Å². The van der Waals surface area contributed by atoms with Crippen LogP contribution >= 0.6 is 23.2 Å². The van der Waals surface area contributed by atoms with Gasteiger partial charge in [0.05, 0.1) is 10.0 Å². The van der Waals surface area contributed by atoms with Gasteiger partial charge in [0.1, 0.15) is 0 Å². The first-order chi connectivity index (χ1) is 10.1. The third kappa shape index (κ3) is 7.02. The number of unbranched alkanes of at least 4 members (excludes halogenated alkanes) is 2. The summed E-state index contributed by atoms with van der Waals surface area (Å²) in [6.07, 6.45) is 4.30. The van der Waals surface area contributed by atoms with E-state index in [1.165, 1.54) is 0 Å². The van der Waals surface area contributed by atoms with Crippen molar-refractivity contribution in [2.75, 3.05) is 18.4 Å². The van der Waals surface area contributed by atoms with Gasteiger partial charge >= 0.3 is 6.03 Å². The molecule has 0 aliphatic rings. The maximum atomic E-state index is 12.0. The van der Waals surface area contributed by atoms with Gasteiger partial charge in [0, 0.05) is 18.8 Å². The van der Waals surface area contributed by atoms with Gasteiger partial charge in [-0.05, 0) is 31.0 Å². The average molecular weight is 332 g/mol.